The second-order valence-electron chi connectivity index (χ2n) is 6.36. The first kappa shape index (κ1) is 14.9. The molecule has 0 spiro atoms. The summed E-state index contributed by atoms with van der Waals surface area (Å²) in [6.07, 6.45) is 2.11. The molecule has 1 N–H and O–H groups in total. The fourth-order valence-electron chi connectivity index (χ4n) is 3.31. The molecule has 3 aromatic rings. The van der Waals surface area contributed by atoms with E-state index < -0.39 is 0 Å². The minimum atomic E-state index is -0.00891. The van der Waals surface area contributed by atoms with Gasteiger partial charge in [-0.25, -0.2) is 9.61 Å². The summed E-state index contributed by atoms with van der Waals surface area (Å²) in [6.45, 7) is 4.59. The molecule has 7 heteroatoms. The van der Waals surface area contributed by atoms with Crippen molar-refractivity contribution in [3.8, 4) is 0 Å². The maximum absolute atomic E-state index is 12.7. The van der Waals surface area contributed by atoms with Crippen molar-refractivity contribution < 1.29 is 9.42 Å². The van der Waals surface area contributed by atoms with Gasteiger partial charge in [-0.1, -0.05) is 16.4 Å². The topological polar surface area (TPSA) is 87.9 Å². The lowest BCUT2D eigenvalue weighted by Crippen LogP contribution is -2.32. The SMILES string of the molecule is Cc1ccc2nc(C3CCCN3C(=O)Cc3nonc3C)[nH]c2c1. The largest absolute Gasteiger partial charge is 0.340 e. The summed E-state index contributed by atoms with van der Waals surface area (Å²) in [7, 11) is 0. The molecule has 0 bridgehead atoms. The van der Waals surface area contributed by atoms with Crippen molar-refractivity contribution in [2.24, 2.45) is 0 Å². The van der Waals surface area contributed by atoms with Crippen LogP contribution in [0.1, 0.15) is 41.7 Å². The number of hydrogen-bond donors (Lipinski definition) is 1. The summed E-state index contributed by atoms with van der Waals surface area (Å²) in [6, 6.07) is 6.13. The molecule has 0 aliphatic carbocycles. The first-order chi connectivity index (χ1) is 11.6. The monoisotopic (exact) mass is 325 g/mol. The van der Waals surface area contributed by atoms with E-state index in [0.29, 0.717) is 11.4 Å². The van der Waals surface area contributed by atoms with Crippen LogP contribution in [-0.2, 0) is 11.2 Å². The molecule has 1 atom stereocenters. The average molecular weight is 325 g/mol. The van der Waals surface area contributed by atoms with Gasteiger partial charge in [-0.3, -0.25) is 4.79 Å². The fraction of sp³-hybridized carbons (Fsp3) is 0.412. The van der Waals surface area contributed by atoms with Crippen molar-refractivity contribution >= 4 is 16.9 Å². The van der Waals surface area contributed by atoms with Gasteiger partial charge in [0.15, 0.2) is 0 Å². The lowest BCUT2D eigenvalue weighted by Gasteiger charge is -2.22. The Hall–Kier alpha value is -2.70. The number of carbonyl (C=O) groups is 1. The number of benzene rings is 1. The third-order valence-corrected chi connectivity index (χ3v) is 4.61. The fourth-order valence-corrected chi connectivity index (χ4v) is 3.31. The van der Waals surface area contributed by atoms with Gasteiger partial charge >= 0.3 is 0 Å². The zero-order valence-corrected chi connectivity index (χ0v) is 13.7. The molecular weight excluding hydrogens is 306 g/mol. The number of fused-ring (bicyclic) bond motifs is 1. The Morgan fingerprint density at radius 3 is 3.04 bits per heavy atom. The van der Waals surface area contributed by atoms with Crippen LogP contribution in [0.3, 0.4) is 0 Å². The predicted molar refractivity (Wildman–Crippen MR) is 87.3 cm³/mol. The number of H-pyrrole nitrogens is 1. The van der Waals surface area contributed by atoms with Gasteiger partial charge in [-0.05, 0) is 44.4 Å². The van der Waals surface area contributed by atoms with Crippen LogP contribution in [0.15, 0.2) is 22.8 Å². The zero-order chi connectivity index (χ0) is 16.7. The van der Waals surface area contributed by atoms with E-state index in [1.807, 2.05) is 17.0 Å². The highest BCUT2D eigenvalue weighted by molar-refractivity contribution is 5.80. The Morgan fingerprint density at radius 1 is 1.38 bits per heavy atom. The molecule has 1 aliphatic heterocycles. The van der Waals surface area contributed by atoms with E-state index in [1.54, 1.807) is 6.92 Å². The summed E-state index contributed by atoms with van der Waals surface area (Å²) < 4.78 is 4.68. The van der Waals surface area contributed by atoms with E-state index in [2.05, 4.69) is 37.9 Å². The van der Waals surface area contributed by atoms with E-state index >= 15 is 0 Å². The van der Waals surface area contributed by atoms with Gasteiger partial charge in [0, 0.05) is 6.54 Å². The molecule has 1 aliphatic rings. The van der Waals surface area contributed by atoms with Crippen molar-refractivity contribution in [3.05, 3.63) is 41.0 Å². The summed E-state index contributed by atoms with van der Waals surface area (Å²) in [5.41, 5.74) is 4.41. The summed E-state index contributed by atoms with van der Waals surface area (Å²) in [4.78, 5) is 22.6. The van der Waals surface area contributed by atoms with Crippen molar-refractivity contribution in [2.75, 3.05) is 6.54 Å². The molecule has 3 heterocycles. The highest BCUT2D eigenvalue weighted by Crippen LogP contribution is 2.32. The van der Waals surface area contributed by atoms with Gasteiger partial charge < -0.3 is 9.88 Å². The smallest absolute Gasteiger partial charge is 0.229 e. The number of nitrogens with one attached hydrogen (secondary N) is 1. The Bertz CT molecular complexity index is 897. The molecule has 1 saturated heterocycles. The summed E-state index contributed by atoms with van der Waals surface area (Å²) in [5, 5.41) is 7.55. The molecule has 0 saturated carbocycles. The third-order valence-electron chi connectivity index (χ3n) is 4.61. The van der Waals surface area contributed by atoms with Crippen LogP contribution in [0.2, 0.25) is 0 Å². The molecule has 1 unspecified atom stereocenters. The number of imidazole rings is 1. The number of rotatable bonds is 3. The lowest BCUT2D eigenvalue weighted by atomic mass is 10.2. The van der Waals surface area contributed by atoms with Gasteiger partial charge in [0.05, 0.1) is 23.5 Å². The molecule has 1 aromatic carbocycles. The number of aromatic amines is 1. The van der Waals surface area contributed by atoms with E-state index in [4.69, 9.17) is 0 Å². The first-order valence-electron chi connectivity index (χ1n) is 8.15. The van der Waals surface area contributed by atoms with Crippen LogP contribution in [0.4, 0.5) is 0 Å². The zero-order valence-electron chi connectivity index (χ0n) is 13.7. The standard InChI is InChI=1S/C17H19N5O2/c1-10-5-6-12-14(8-10)19-17(18-12)15-4-3-7-22(15)16(23)9-13-11(2)20-24-21-13/h5-6,8,15H,3-4,7,9H2,1-2H3,(H,18,19). The van der Waals surface area contributed by atoms with E-state index in [9.17, 15) is 4.79 Å². The van der Waals surface area contributed by atoms with Crippen LogP contribution >= 0.6 is 0 Å². The van der Waals surface area contributed by atoms with Gasteiger partial charge in [-0.15, -0.1) is 0 Å². The van der Waals surface area contributed by atoms with Crippen molar-refractivity contribution in [3.63, 3.8) is 0 Å². The normalized spacial score (nSPS) is 17.8. The van der Waals surface area contributed by atoms with E-state index in [-0.39, 0.29) is 18.4 Å². The van der Waals surface area contributed by atoms with E-state index in [1.165, 1.54) is 5.56 Å². The third kappa shape index (κ3) is 2.55. The molecule has 4 rings (SSSR count). The Kier molecular flexibility index (Phi) is 3.55. The predicted octanol–water partition coefficient (Wildman–Crippen LogP) is 2.47. The summed E-state index contributed by atoms with van der Waals surface area (Å²) in [5.74, 6) is 0.893. The second-order valence-corrected chi connectivity index (χ2v) is 6.36. The molecule has 1 amide bonds. The van der Waals surface area contributed by atoms with Crippen LogP contribution < -0.4 is 0 Å². The van der Waals surface area contributed by atoms with Gasteiger partial charge in [0.1, 0.15) is 17.2 Å². The number of carbonyl (C=O) groups excluding carboxylic acids is 1. The van der Waals surface area contributed by atoms with E-state index in [0.717, 1.165) is 36.2 Å². The van der Waals surface area contributed by atoms with Crippen LogP contribution in [-0.4, -0.2) is 37.6 Å². The van der Waals surface area contributed by atoms with Crippen LogP contribution in [0.5, 0.6) is 0 Å². The Morgan fingerprint density at radius 2 is 2.25 bits per heavy atom. The molecule has 7 nitrogen and oxygen atoms in total. The minimum Gasteiger partial charge on any atom is -0.340 e. The van der Waals surface area contributed by atoms with Gasteiger partial charge in [0.25, 0.3) is 0 Å². The van der Waals surface area contributed by atoms with Crippen molar-refractivity contribution in [2.45, 2.75) is 39.2 Å². The van der Waals surface area contributed by atoms with Crippen LogP contribution in [0, 0.1) is 13.8 Å². The minimum absolute atomic E-state index is 0.00891. The molecule has 1 fully saturated rings. The lowest BCUT2D eigenvalue weighted by molar-refractivity contribution is -0.131. The first-order valence-corrected chi connectivity index (χ1v) is 8.15. The van der Waals surface area contributed by atoms with Crippen LogP contribution in [0.25, 0.3) is 11.0 Å². The highest BCUT2D eigenvalue weighted by Gasteiger charge is 2.32. The maximum atomic E-state index is 12.7. The molecular formula is C17H19N5O2. The molecule has 24 heavy (non-hydrogen) atoms. The molecule has 2 aromatic heterocycles. The number of aryl methyl sites for hydroxylation is 2. The van der Waals surface area contributed by atoms with Gasteiger partial charge in [-0.2, -0.15) is 0 Å². The Labute approximate surface area is 139 Å². The highest BCUT2D eigenvalue weighted by atomic mass is 16.6. The average Bonchev–Trinajstić information content (AvgIpc) is 3.26. The van der Waals surface area contributed by atoms with Crippen molar-refractivity contribution in [1.29, 1.82) is 0 Å². The summed E-state index contributed by atoms with van der Waals surface area (Å²) >= 11 is 0. The Balaban J connectivity index is 1.59. The second kappa shape index (κ2) is 5.74. The number of likely N-dealkylation sites (tertiary alicyclic amines) is 1. The molecule has 124 valence electrons. The number of amides is 1. The van der Waals surface area contributed by atoms with Gasteiger partial charge in [0.2, 0.25) is 5.91 Å². The number of nitrogens with zero attached hydrogens (tertiary/aromatic N) is 4. The maximum Gasteiger partial charge on any atom is 0.229 e. The number of hydrogen-bond acceptors (Lipinski definition) is 5. The quantitative estimate of drug-likeness (QED) is 0.799. The molecule has 0 radical (unpaired) electrons. The van der Waals surface area contributed by atoms with Crippen molar-refractivity contribution in [1.82, 2.24) is 25.2 Å². The number of aromatic nitrogens is 4.